The van der Waals surface area contributed by atoms with Crippen molar-refractivity contribution in [3.63, 3.8) is 0 Å². The molecule has 15 heavy (non-hydrogen) atoms. The summed E-state index contributed by atoms with van der Waals surface area (Å²) in [4.78, 5) is 11.6. The fourth-order valence-electron chi connectivity index (χ4n) is 1.57. The van der Waals surface area contributed by atoms with Crippen LogP contribution in [0, 0.1) is 5.82 Å². The molecule has 0 fully saturated rings. The van der Waals surface area contributed by atoms with Crippen molar-refractivity contribution in [1.82, 2.24) is 9.72 Å². The van der Waals surface area contributed by atoms with Crippen molar-refractivity contribution in [2.45, 2.75) is 0 Å². The summed E-state index contributed by atoms with van der Waals surface area (Å²) in [5.74, 6) is -0.308. The summed E-state index contributed by atoms with van der Waals surface area (Å²) in [5, 5.41) is 2.80. The smallest absolute Gasteiger partial charge is 0.178 e. The van der Waals surface area contributed by atoms with E-state index in [2.05, 4.69) is 5.32 Å². The van der Waals surface area contributed by atoms with Crippen LogP contribution in [0.15, 0.2) is 30.6 Å². The van der Waals surface area contributed by atoms with E-state index in [0.717, 1.165) is 5.52 Å². The van der Waals surface area contributed by atoms with Crippen LogP contribution in [-0.2, 0) is 0 Å². The standard InChI is InChI=1S/C11H11FN2O/c1-13-6-11(15)9-4-5-14-7-8(12)2-3-10(9)14/h2-5,7,13H,6H2,1H3. The number of Topliss-reactive ketones (excluding diaryl/α,β-unsaturated/α-hetero) is 1. The molecular weight excluding hydrogens is 195 g/mol. The summed E-state index contributed by atoms with van der Waals surface area (Å²) >= 11 is 0. The topological polar surface area (TPSA) is 33.5 Å². The van der Waals surface area contributed by atoms with Crippen molar-refractivity contribution >= 4 is 11.3 Å². The number of carbonyl (C=O) groups is 1. The molecule has 2 aromatic rings. The molecule has 78 valence electrons. The number of hydrogen-bond acceptors (Lipinski definition) is 2. The Kier molecular flexibility index (Phi) is 2.51. The second-order valence-electron chi connectivity index (χ2n) is 3.32. The minimum atomic E-state index is -0.314. The molecular formula is C11H11FN2O. The normalized spacial score (nSPS) is 10.8. The predicted octanol–water partition coefficient (Wildman–Crippen LogP) is 1.48. The van der Waals surface area contributed by atoms with E-state index in [-0.39, 0.29) is 18.1 Å². The molecule has 0 aromatic carbocycles. The lowest BCUT2D eigenvalue weighted by molar-refractivity contribution is 0.0995. The number of fused-ring (bicyclic) bond motifs is 1. The van der Waals surface area contributed by atoms with E-state index in [9.17, 15) is 9.18 Å². The van der Waals surface area contributed by atoms with Crippen molar-refractivity contribution in [3.8, 4) is 0 Å². The number of rotatable bonds is 3. The first-order valence-electron chi connectivity index (χ1n) is 4.66. The van der Waals surface area contributed by atoms with Crippen LogP contribution in [0.1, 0.15) is 10.4 Å². The van der Waals surface area contributed by atoms with Gasteiger partial charge in [-0.2, -0.15) is 0 Å². The maximum atomic E-state index is 12.9. The Morgan fingerprint density at radius 2 is 2.27 bits per heavy atom. The molecule has 1 N–H and O–H groups in total. The zero-order valence-corrected chi connectivity index (χ0v) is 8.33. The summed E-state index contributed by atoms with van der Waals surface area (Å²) in [7, 11) is 1.72. The molecule has 0 atom stereocenters. The van der Waals surface area contributed by atoms with Crippen LogP contribution < -0.4 is 5.32 Å². The Hall–Kier alpha value is -1.68. The van der Waals surface area contributed by atoms with Gasteiger partial charge in [0.2, 0.25) is 0 Å². The summed E-state index contributed by atoms with van der Waals surface area (Å²) < 4.78 is 14.5. The number of pyridine rings is 1. The van der Waals surface area contributed by atoms with Crippen LogP contribution in [-0.4, -0.2) is 23.8 Å². The van der Waals surface area contributed by atoms with E-state index < -0.39 is 0 Å². The van der Waals surface area contributed by atoms with Crippen LogP contribution in [0.25, 0.3) is 5.52 Å². The Bertz CT molecular complexity index is 504. The van der Waals surface area contributed by atoms with Crippen LogP contribution in [0.2, 0.25) is 0 Å². The highest BCUT2D eigenvalue weighted by atomic mass is 19.1. The van der Waals surface area contributed by atoms with Gasteiger partial charge in [0, 0.05) is 18.0 Å². The highest BCUT2D eigenvalue weighted by Crippen LogP contribution is 2.13. The lowest BCUT2D eigenvalue weighted by Gasteiger charge is -1.99. The van der Waals surface area contributed by atoms with Crippen molar-refractivity contribution in [2.75, 3.05) is 13.6 Å². The zero-order valence-electron chi connectivity index (χ0n) is 8.33. The molecule has 0 saturated carbocycles. The van der Waals surface area contributed by atoms with E-state index in [4.69, 9.17) is 0 Å². The van der Waals surface area contributed by atoms with Gasteiger partial charge in [0.1, 0.15) is 5.82 Å². The molecule has 4 heteroatoms. The fourth-order valence-corrected chi connectivity index (χ4v) is 1.57. The number of carbonyl (C=O) groups excluding carboxylic acids is 1. The molecule has 2 heterocycles. The highest BCUT2D eigenvalue weighted by molar-refractivity contribution is 6.03. The number of hydrogen-bond donors (Lipinski definition) is 1. The second kappa shape index (κ2) is 3.82. The molecule has 0 amide bonds. The lowest BCUT2D eigenvalue weighted by atomic mass is 10.2. The Labute approximate surface area is 86.5 Å². The van der Waals surface area contributed by atoms with Crippen LogP contribution >= 0.6 is 0 Å². The van der Waals surface area contributed by atoms with E-state index in [1.807, 2.05) is 0 Å². The van der Waals surface area contributed by atoms with Crippen LogP contribution in [0.4, 0.5) is 4.39 Å². The number of nitrogens with zero attached hydrogens (tertiary/aromatic N) is 1. The van der Waals surface area contributed by atoms with Gasteiger partial charge < -0.3 is 9.72 Å². The monoisotopic (exact) mass is 206 g/mol. The molecule has 0 saturated heterocycles. The zero-order chi connectivity index (χ0) is 10.8. The Morgan fingerprint density at radius 1 is 1.47 bits per heavy atom. The van der Waals surface area contributed by atoms with Gasteiger partial charge >= 0.3 is 0 Å². The first kappa shape index (κ1) is 9.86. The van der Waals surface area contributed by atoms with Gasteiger partial charge in [-0.1, -0.05) is 0 Å². The third-order valence-electron chi connectivity index (χ3n) is 2.26. The van der Waals surface area contributed by atoms with Crippen LogP contribution in [0.5, 0.6) is 0 Å². The fraction of sp³-hybridized carbons (Fsp3) is 0.182. The average Bonchev–Trinajstić information content (AvgIpc) is 2.60. The summed E-state index contributed by atoms with van der Waals surface area (Å²) in [6, 6.07) is 4.66. The Morgan fingerprint density at radius 3 is 3.00 bits per heavy atom. The predicted molar refractivity (Wildman–Crippen MR) is 55.6 cm³/mol. The summed E-state index contributed by atoms with van der Waals surface area (Å²) in [6.07, 6.45) is 3.03. The van der Waals surface area contributed by atoms with Gasteiger partial charge in [-0.25, -0.2) is 4.39 Å². The first-order valence-corrected chi connectivity index (χ1v) is 4.66. The van der Waals surface area contributed by atoms with Gasteiger partial charge in [0.05, 0.1) is 12.1 Å². The largest absolute Gasteiger partial charge is 0.320 e. The third-order valence-corrected chi connectivity index (χ3v) is 2.26. The van der Waals surface area contributed by atoms with Crippen molar-refractivity contribution in [3.05, 3.63) is 42.0 Å². The molecule has 0 radical (unpaired) electrons. The maximum Gasteiger partial charge on any atom is 0.178 e. The number of ketones is 1. The number of halogens is 1. The van der Waals surface area contributed by atoms with Crippen molar-refractivity contribution in [1.29, 1.82) is 0 Å². The average molecular weight is 206 g/mol. The van der Waals surface area contributed by atoms with Gasteiger partial charge in [-0.3, -0.25) is 4.79 Å². The molecule has 0 bridgehead atoms. The molecule has 0 aliphatic carbocycles. The molecule has 0 unspecified atom stereocenters. The summed E-state index contributed by atoms with van der Waals surface area (Å²) in [6.45, 7) is 0.289. The molecule has 0 aliphatic rings. The van der Waals surface area contributed by atoms with E-state index >= 15 is 0 Å². The van der Waals surface area contributed by atoms with Crippen molar-refractivity contribution < 1.29 is 9.18 Å². The van der Waals surface area contributed by atoms with E-state index in [1.165, 1.54) is 12.3 Å². The number of likely N-dealkylation sites (N-methyl/N-ethyl adjacent to an activating group) is 1. The highest BCUT2D eigenvalue weighted by Gasteiger charge is 2.10. The molecule has 0 aliphatic heterocycles. The quantitative estimate of drug-likeness (QED) is 0.772. The third kappa shape index (κ3) is 1.76. The molecule has 2 aromatic heterocycles. The number of aromatic nitrogens is 1. The number of nitrogens with one attached hydrogen (secondary N) is 1. The maximum absolute atomic E-state index is 12.9. The second-order valence-corrected chi connectivity index (χ2v) is 3.32. The Balaban J connectivity index is 2.49. The van der Waals surface area contributed by atoms with Gasteiger partial charge in [-0.15, -0.1) is 0 Å². The van der Waals surface area contributed by atoms with Gasteiger partial charge in [0.15, 0.2) is 5.78 Å². The van der Waals surface area contributed by atoms with Crippen molar-refractivity contribution in [2.24, 2.45) is 0 Å². The van der Waals surface area contributed by atoms with E-state index in [0.29, 0.717) is 5.56 Å². The van der Waals surface area contributed by atoms with Crippen LogP contribution in [0.3, 0.4) is 0 Å². The van der Waals surface area contributed by atoms with E-state index in [1.54, 1.807) is 29.8 Å². The molecule has 3 nitrogen and oxygen atoms in total. The SMILES string of the molecule is CNCC(=O)c1ccn2cc(F)ccc12. The lowest BCUT2D eigenvalue weighted by Crippen LogP contribution is -2.18. The minimum absolute atomic E-state index is 0.00612. The van der Waals surface area contributed by atoms with Gasteiger partial charge in [0.25, 0.3) is 0 Å². The first-order chi connectivity index (χ1) is 7.22. The molecule has 2 rings (SSSR count). The van der Waals surface area contributed by atoms with Gasteiger partial charge in [-0.05, 0) is 25.2 Å². The minimum Gasteiger partial charge on any atom is -0.320 e. The summed E-state index contributed by atoms with van der Waals surface area (Å²) in [5.41, 5.74) is 1.35. The molecule has 0 spiro atoms.